The van der Waals surface area contributed by atoms with Crippen molar-refractivity contribution < 1.29 is 9.50 Å². The predicted molar refractivity (Wildman–Crippen MR) is 88.0 cm³/mol. The van der Waals surface area contributed by atoms with E-state index in [0.717, 1.165) is 19.5 Å². The minimum atomic E-state index is -0.432. The first kappa shape index (κ1) is 15.7. The van der Waals surface area contributed by atoms with Crippen molar-refractivity contribution in [1.82, 2.24) is 15.1 Å². The van der Waals surface area contributed by atoms with E-state index < -0.39 is 5.82 Å². The average molecular weight is 316 g/mol. The first-order valence-corrected chi connectivity index (χ1v) is 7.82. The number of aromatic hydroxyl groups is 1. The third-order valence-corrected chi connectivity index (χ3v) is 4.28. The van der Waals surface area contributed by atoms with Crippen molar-refractivity contribution in [1.29, 1.82) is 0 Å². The van der Waals surface area contributed by atoms with Gasteiger partial charge in [0.25, 0.3) is 0 Å². The van der Waals surface area contributed by atoms with Gasteiger partial charge in [-0.15, -0.1) is 10.2 Å². The number of piperidine rings is 1. The minimum Gasteiger partial charge on any atom is -0.507 e. The summed E-state index contributed by atoms with van der Waals surface area (Å²) >= 11 is 0. The van der Waals surface area contributed by atoms with Gasteiger partial charge in [-0.05, 0) is 57.6 Å². The number of anilines is 1. The fourth-order valence-electron chi connectivity index (χ4n) is 2.93. The van der Waals surface area contributed by atoms with Crippen LogP contribution in [-0.4, -0.2) is 46.4 Å². The molecule has 122 valence electrons. The Kier molecular flexibility index (Phi) is 4.43. The highest BCUT2D eigenvalue weighted by molar-refractivity contribution is 5.68. The molecule has 0 unspecified atom stereocenters. The molecule has 1 aliphatic rings. The van der Waals surface area contributed by atoms with Crippen LogP contribution in [0, 0.1) is 12.7 Å². The Hall–Kier alpha value is -2.21. The average Bonchev–Trinajstić information content (AvgIpc) is 2.54. The lowest BCUT2D eigenvalue weighted by Crippen LogP contribution is -2.39. The van der Waals surface area contributed by atoms with Crippen LogP contribution < -0.4 is 5.32 Å². The molecule has 1 fully saturated rings. The van der Waals surface area contributed by atoms with Crippen molar-refractivity contribution in [3.8, 4) is 17.0 Å². The number of phenols is 1. The maximum absolute atomic E-state index is 13.4. The molecule has 1 aromatic carbocycles. The normalized spacial score (nSPS) is 18.8. The van der Waals surface area contributed by atoms with Crippen LogP contribution in [0.25, 0.3) is 11.3 Å². The van der Waals surface area contributed by atoms with Crippen molar-refractivity contribution in [2.75, 3.05) is 25.5 Å². The van der Waals surface area contributed by atoms with Crippen LogP contribution in [0.5, 0.6) is 5.75 Å². The molecule has 6 heteroatoms. The van der Waals surface area contributed by atoms with Gasteiger partial charge in [-0.25, -0.2) is 4.39 Å². The summed E-state index contributed by atoms with van der Waals surface area (Å²) in [5, 5.41) is 21.8. The molecule has 2 N–H and O–H groups in total. The molecule has 1 aromatic heterocycles. The summed E-state index contributed by atoms with van der Waals surface area (Å²) in [5.74, 6) is 0.195. The van der Waals surface area contributed by atoms with E-state index in [2.05, 4.69) is 27.5 Å². The SMILES string of the molecule is Cc1c(F)ccc(-c2ccc(N[C@@H]3CCCN(C)C3)nn2)c1O. The van der Waals surface area contributed by atoms with E-state index in [-0.39, 0.29) is 11.3 Å². The standard InChI is InChI=1S/C17H21FN4O/c1-11-14(18)6-5-13(17(11)23)15-7-8-16(21-20-15)19-12-4-3-9-22(2)10-12/h5-8,12,23H,3-4,9-10H2,1-2H3,(H,19,21)/t12-/m1/s1. The monoisotopic (exact) mass is 316 g/mol. The van der Waals surface area contributed by atoms with Gasteiger partial charge in [0.15, 0.2) is 0 Å². The molecule has 0 radical (unpaired) electrons. The lowest BCUT2D eigenvalue weighted by molar-refractivity contribution is 0.260. The number of likely N-dealkylation sites (N-methyl/N-ethyl adjacent to an activating group) is 1. The maximum atomic E-state index is 13.4. The molecule has 2 heterocycles. The quantitative estimate of drug-likeness (QED) is 0.912. The van der Waals surface area contributed by atoms with Crippen LogP contribution in [0.1, 0.15) is 18.4 Å². The summed E-state index contributed by atoms with van der Waals surface area (Å²) in [6.45, 7) is 3.66. The second-order valence-corrected chi connectivity index (χ2v) is 6.12. The van der Waals surface area contributed by atoms with E-state index in [1.54, 1.807) is 6.07 Å². The summed E-state index contributed by atoms with van der Waals surface area (Å²) in [5.41, 5.74) is 1.23. The number of nitrogens with zero attached hydrogens (tertiary/aromatic N) is 3. The Morgan fingerprint density at radius 1 is 1.26 bits per heavy atom. The van der Waals surface area contributed by atoms with Gasteiger partial charge in [0, 0.05) is 23.7 Å². The van der Waals surface area contributed by atoms with E-state index in [4.69, 9.17) is 0 Å². The predicted octanol–water partition coefficient (Wildman–Crippen LogP) is 2.80. The highest BCUT2D eigenvalue weighted by Gasteiger charge is 2.17. The van der Waals surface area contributed by atoms with Crippen molar-refractivity contribution in [2.24, 2.45) is 0 Å². The van der Waals surface area contributed by atoms with Gasteiger partial charge in [0.05, 0.1) is 5.69 Å². The number of hydrogen-bond donors (Lipinski definition) is 2. The van der Waals surface area contributed by atoms with E-state index in [1.165, 1.54) is 25.5 Å². The van der Waals surface area contributed by atoms with Crippen LogP contribution in [0.15, 0.2) is 24.3 Å². The lowest BCUT2D eigenvalue weighted by Gasteiger charge is -2.30. The van der Waals surface area contributed by atoms with Gasteiger partial charge in [-0.1, -0.05) is 0 Å². The highest BCUT2D eigenvalue weighted by atomic mass is 19.1. The number of phenolic OH excluding ortho intramolecular Hbond substituents is 1. The Morgan fingerprint density at radius 3 is 2.78 bits per heavy atom. The molecule has 1 atom stereocenters. The summed E-state index contributed by atoms with van der Waals surface area (Å²) in [6.07, 6.45) is 2.29. The van der Waals surface area contributed by atoms with Gasteiger partial charge >= 0.3 is 0 Å². The lowest BCUT2D eigenvalue weighted by atomic mass is 10.1. The molecule has 0 bridgehead atoms. The fourth-order valence-corrected chi connectivity index (χ4v) is 2.93. The zero-order valence-electron chi connectivity index (χ0n) is 13.4. The number of hydrogen-bond acceptors (Lipinski definition) is 5. The molecule has 0 spiro atoms. The van der Waals surface area contributed by atoms with Crippen LogP contribution in [0.3, 0.4) is 0 Å². The maximum Gasteiger partial charge on any atom is 0.148 e. The zero-order chi connectivity index (χ0) is 16.4. The zero-order valence-corrected chi connectivity index (χ0v) is 13.4. The smallest absolute Gasteiger partial charge is 0.148 e. The Labute approximate surface area is 135 Å². The van der Waals surface area contributed by atoms with Crippen LogP contribution in [-0.2, 0) is 0 Å². The summed E-state index contributed by atoms with van der Waals surface area (Å²) < 4.78 is 13.4. The molecule has 1 saturated heterocycles. The molecule has 1 aliphatic heterocycles. The summed E-state index contributed by atoms with van der Waals surface area (Å²) in [6, 6.07) is 6.85. The topological polar surface area (TPSA) is 61.3 Å². The van der Waals surface area contributed by atoms with Gasteiger partial charge < -0.3 is 15.3 Å². The largest absolute Gasteiger partial charge is 0.507 e. The van der Waals surface area contributed by atoms with Gasteiger partial charge in [-0.3, -0.25) is 0 Å². The minimum absolute atomic E-state index is 0.0890. The Bertz CT molecular complexity index is 690. The van der Waals surface area contributed by atoms with E-state index in [9.17, 15) is 9.50 Å². The molecule has 0 saturated carbocycles. The van der Waals surface area contributed by atoms with Crippen molar-refractivity contribution in [2.45, 2.75) is 25.8 Å². The molecule has 3 rings (SSSR count). The van der Waals surface area contributed by atoms with E-state index in [0.29, 0.717) is 23.1 Å². The third kappa shape index (κ3) is 3.42. The molecule has 0 amide bonds. The van der Waals surface area contributed by atoms with E-state index >= 15 is 0 Å². The van der Waals surface area contributed by atoms with Crippen molar-refractivity contribution in [3.63, 3.8) is 0 Å². The first-order valence-electron chi connectivity index (χ1n) is 7.82. The fraction of sp³-hybridized carbons (Fsp3) is 0.412. The Morgan fingerprint density at radius 2 is 2.09 bits per heavy atom. The first-order chi connectivity index (χ1) is 11.0. The number of nitrogens with one attached hydrogen (secondary N) is 1. The van der Waals surface area contributed by atoms with Crippen LogP contribution >= 0.6 is 0 Å². The van der Waals surface area contributed by atoms with Crippen molar-refractivity contribution >= 4 is 5.82 Å². The van der Waals surface area contributed by atoms with Gasteiger partial charge in [0.1, 0.15) is 17.4 Å². The van der Waals surface area contributed by atoms with Crippen molar-refractivity contribution in [3.05, 3.63) is 35.6 Å². The second kappa shape index (κ2) is 6.50. The van der Waals surface area contributed by atoms with Gasteiger partial charge in [0.2, 0.25) is 0 Å². The van der Waals surface area contributed by atoms with Gasteiger partial charge in [-0.2, -0.15) is 0 Å². The molecular formula is C17H21FN4O. The van der Waals surface area contributed by atoms with Crippen LogP contribution in [0.4, 0.5) is 10.2 Å². The number of aromatic nitrogens is 2. The molecule has 0 aliphatic carbocycles. The molecule has 23 heavy (non-hydrogen) atoms. The molecule has 5 nitrogen and oxygen atoms in total. The van der Waals surface area contributed by atoms with Crippen LogP contribution in [0.2, 0.25) is 0 Å². The number of halogens is 1. The number of likely N-dealkylation sites (tertiary alicyclic amines) is 1. The number of benzene rings is 1. The molecule has 2 aromatic rings. The number of rotatable bonds is 3. The van der Waals surface area contributed by atoms with E-state index in [1.807, 2.05) is 6.07 Å². The third-order valence-electron chi connectivity index (χ3n) is 4.28. The summed E-state index contributed by atoms with van der Waals surface area (Å²) in [4.78, 5) is 2.29. The summed E-state index contributed by atoms with van der Waals surface area (Å²) in [7, 11) is 2.11. The molecular weight excluding hydrogens is 295 g/mol. The highest BCUT2D eigenvalue weighted by Crippen LogP contribution is 2.32. The Balaban J connectivity index is 1.76. The second-order valence-electron chi connectivity index (χ2n) is 6.12.